The van der Waals surface area contributed by atoms with E-state index < -0.39 is 0 Å². The summed E-state index contributed by atoms with van der Waals surface area (Å²) in [6.45, 7) is 11.4. The van der Waals surface area contributed by atoms with Crippen molar-refractivity contribution < 1.29 is 19.8 Å². The van der Waals surface area contributed by atoms with Crippen LogP contribution in [0, 0.1) is 13.8 Å². The number of hydrogen-bond acceptors (Lipinski definition) is 4. The van der Waals surface area contributed by atoms with Crippen molar-refractivity contribution in [3.63, 3.8) is 0 Å². The zero-order valence-electron chi connectivity index (χ0n) is 25.1. The Kier molecular flexibility index (Phi) is 22.4. The van der Waals surface area contributed by atoms with Crippen molar-refractivity contribution in [1.82, 2.24) is 0 Å². The summed E-state index contributed by atoms with van der Waals surface area (Å²) in [5.74, 6) is -1.06. The number of benzene rings is 4. The Morgan fingerprint density at radius 1 is 0.512 bits per heavy atom. The molecular weight excluding hydrogens is 639 g/mol. The van der Waals surface area contributed by atoms with Gasteiger partial charge in [0.2, 0.25) is 0 Å². The number of carbonyl (C=O) groups is 2. The average molecular weight is 679 g/mol. The number of hydrogen-bond donors (Lipinski definition) is 0. The summed E-state index contributed by atoms with van der Waals surface area (Å²) in [4.78, 5) is 23.5. The third kappa shape index (κ3) is 17.0. The minimum atomic E-state index is -0.264. The van der Waals surface area contributed by atoms with Gasteiger partial charge >= 0.3 is 0 Å². The molecule has 0 saturated carbocycles. The van der Waals surface area contributed by atoms with Crippen LogP contribution in [-0.2, 0) is 0 Å². The van der Waals surface area contributed by atoms with Gasteiger partial charge in [0.15, 0.2) is 11.6 Å². The molecular formula is C38H40O4Sn-4. The SMILES string of the molecule is O=C(/C=C(\[O-])c1ccccc1)c1ccccc1.O=C(/C=C(\[O-])c1ccccc1)c1ccccc1.[CH2-]CCC.[CH2-]CCC.[Sn]. The van der Waals surface area contributed by atoms with Crippen molar-refractivity contribution >= 4 is 47.0 Å². The molecule has 0 aliphatic heterocycles. The van der Waals surface area contributed by atoms with Gasteiger partial charge in [0.25, 0.3) is 0 Å². The minimum Gasteiger partial charge on any atom is -0.872 e. The van der Waals surface area contributed by atoms with E-state index in [0.29, 0.717) is 22.3 Å². The first-order valence-corrected chi connectivity index (χ1v) is 14.0. The van der Waals surface area contributed by atoms with Gasteiger partial charge in [-0.05, 0) is 23.3 Å². The molecule has 4 nitrogen and oxygen atoms in total. The van der Waals surface area contributed by atoms with E-state index in [-0.39, 0.29) is 47.0 Å². The zero-order valence-corrected chi connectivity index (χ0v) is 27.9. The summed E-state index contributed by atoms with van der Waals surface area (Å²) >= 11 is 0. The summed E-state index contributed by atoms with van der Waals surface area (Å²) in [5.41, 5.74) is 2.10. The van der Waals surface area contributed by atoms with Crippen LogP contribution >= 0.6 is 0 Å². The molecule has 4 radical (unpaired) electrons. The van der Waals surface area contributed by atoms with Crippen molar-refractivity contribution in [3.8, 4) is 0 Å². The van der Waals surface area contributed by atoms with E-state index in [0.717, 1.165) is 25.0 Å². The van der Waals surface area contributed by atoms with Crippen LogP contribution in [0.2, 0.25) is 0 Å². The number of unbranched alkanes of at least 4 members (excludes halogenated alkanes) is 2. The van der Waals surface area contributed by atoms with Crippen LogP contribution in [0.25, 0.3) is 11.5 Å². The van der Waals surface area contributed by atoms with Crippen LogP contribution in [0.1, 0.15) is 71.4 Å². The van der Waals surface area contributed by atoms with Crippen LogP contribution in [0.15, 0.2) is 133 Å². The number of carbonyl (C=O) groups excluding carboxylic acids is 2. The van der Waals surface area contributed by atoms with Crippen LogP contribution in [-0.4, -0.2) is 35.5 Å². The number of allylic oxidation sites excluding steroid dienone is 2. The fraction of sp³-hybridized carbons (Fsp3) is 0.158. The number of ketones is 2. The van der Waals surface area contributed by atoms with Crippen molar-refractivity contribution in [3.05, 3.63) is 170 Å². The van der Waals surface area contributed by atoms with E-state index >= 15 is 0 Å². The first-order valence-electron chi connectivity index (χ1n) is 14.0. The van der Waals surface area contributed by atoms with Gasteiger partial charge in [-0.2, -0.15) is 12.8 Å². The monoisotopic (exact) mass is 680 g/mol. The Morgan fingerprint density at radius 2 is 0.721 bits per heavy atom. The third-order valence-electron chi connectivity index (χ3n) is 5.46. The first-order chi connectivity index (χ1) is 20.4. The van der Waals surface area contributed by atoms with E-state index in [4.69, 9.17) is 0 Å². The summed E-state index contributed by atoms with van der Waals surface area (Å²) < 4.78 is 0. The van der Waals surface area contributed by atoms with E-state index in [1.165, 1.54) is 12.8 Å². The van der Waals surface area contributed by atoms with Crippen molar-refractivity contribution in [2.75, 3.05) is 0 Å². The molecule has 43 heavy (non-hydrogen) atoms. The van der Waals surface area contributed by atoms with Gasteiger partial charge < -0.3 is 24.1 Å². The fourth-order valence-corrected chi connectivity index (χ4v) is 2.98. The molecule has 4 aromatic rings. The van der Waals surface area contributed by atoms with Crippen molar-refractivity contribution in [2.24, 2.45) is 0 Å². The van der Waals surface area contributed by atoms with Gasteiger partial charge in [0, 0.05) is 35.0 Å². The second-order valence-electron chi connectivity index (χ2n) is 8.92. The van der Waals surface area contributed by atoms with E-state index in [1.807, 2.05) is 24.3 Å². The molecule has 224 valence electrons. The van der Waals surface area contributed by atoms with Gasteiger partial charge in [0.05, 0.1) is 0 Å². The van der Waals surface area contributed by atoms with Gasteiger partial charge in [-0.1, -0.05) is 160 Å². The quantitative estimate of drug-likeness (QED) is 0.0640. The van der Waals surface area contributed by atoms with Gasteiger partial charge in [-0.15, -0.1) is 0 Å². The molecule has 0 amide bonds. The molecule has 0 aliphatic rings. The molecule has 0 aromatic heterocycles. The predicted octanol–water partition coefficient (Wildman–Crippen LogP) is 7.40. The topological polar surface area (TPSA) is 80.3 Å². The average Bonchev–Trinajstić information content (AvgIpc) is 3.06. The van der Waals surface area contributed by atoms with Crippen LogP contribution in [0.5, 0.6) is 0 Å². The molecule has 0 atom stereocenters. The third-order valence-corrected chi connectivity index (χ3v) is 5.46. The largest absolute Gasteiger partial charge is 0.872 e. The second-order valence-corrected chi connectivity index (χ2v) is 8.92. The Balaban J connectivity index is 0.000000646. The Labute approximate surface area is 274 Å². The number of rotatable bonds is 8. The first kappa shape index (κ1) is 39.1. The molecule has 0 bridgehead atoms. The van der Waals surface area contributed by atoms with E-state index in [2.05, 4.69) is 27.7 Å². The van der Waals surface area contributed by atoms with E-state index in [9.17, 15) is 19.8 Å². The fourth-order valence-electron chi connectivity index (χ4n) is 2.98. The van der Waals surface area contributed by atoms with Crippen LogP contribution in [0.4, 0.5) is 0 Å². The summed E-state index contributed by atoms with van der Waals surface area (Å²) in [7, 11) is 0. The molecule has 0 saturated heterocycles. The summed E-state index contributed by atoms with van der Waals surface area (Å²) in [5, 5.41) is 23.5. The molecule has 0 spiro atoms. The minimum absolute atomic E-state index is 0. The van der Waals surface area contributed by atoms with Crippen LogP contribution in [0.3, 0.4) is 0 Å². The predicted molar refractivity (Wildman–Crippen MR) is 177 cm³/mol. The maximum Gasteiger partial charge on any atom is 0.185 e. The Hall–Kier alpha value is -3.90. The van der Waals surface area contributed by atoms with Gasteiger partial charge in [0.1, 0.15) is 0 Å². The maximum atomic E-state index is 11.8. The maximum absolute atomic E-state index is 11.8. The van der Waals surface area contributed by atoms with Gasteiger partial charge in [-0.25, -0.2) is 0 Å². The second kappa shape index (κ2) is 24.7. The van der Waals surface area contributed by atoms with Gasteiger partial charge in [-0.3, -0.25) is 9.59 Å². The van der Waals surface area contributed by atoms with E-state index in [1.54, 1.807) is 97.1 Å². The molecule has 0 fully saturated rings. The van der Waals surface area contributed by atoms with Crippen molar-refractivity contribution in [2.45, 2.75) is 39.5 Å². The molecule has 4 aromatic carbocycles. The summed E-state index contributed by atoms with van der Waals surface area (Å²) in [6, 6.07) is 35.0. The standard InChI is InChI=1S/2C15H12O2.2C4H9.Sn/c2*16-14(12-7-3-1-4-8-12)11-15(17)13-9-5-2-6-10-13;2*1-3-4-2;/h2*1-11,16H;2*1,3-4H2,2H3;/q;;2*-1;/p-2/b2*14-11-;;;. The molecule has 0 unspecified atom stereocenters. The summed E-state index contributed by atoms with van der Waals surface area (Å²) in [6.07, 6.45) is 6.81. The normalized spacial score (nSPS) is 10.2. The zero-order chi connectivity index (χ0) is 31.0. The molecule has 4 rings (SSSR count). The molecule has 0 aliphatic carbocycles. The molecule has 0 heterocycles. The molecule has 0 N–H and O–H groups in total. The Bertz CT molecular complexity index is 1220. The molecule has 5 heteroatoms. The van der Waals surface area contributed by atoms with Crippen molar-refractivity contribution in [1.29, 1.82) is 0 Å². The van der Waals surface area contributed by atoms with Crippen LogP contribution < -0.4 is 10.2 Å². The smallest absolute Gasteiger partial charge is 0.185 e. The Morgan fingerprint density at radius 3 is 0.930 bits per heavy atom.